The summed E-state index contributed by atoms with van der Waals surface area (Å²) in [6.45, 7) is 0. The standard InChI is InChI=1S/C80H140/c1-2-4-6-8-10-12-14-16-18-20-22-24-26-28-30-32-34-36-38-40-42-44-46-48-50-52-54-56-58-60-62-64-66-68-70-72-74-76-78-80-79-77-75-73-71-69-67-65-63-61-59-57-55-53-51-49-47-45-43-41-39-37-35-33-31-29-27-25-23-21-19-17-15-13-11-9-7-5-3-1/h1-2,15-18,31-34,47-50,63-66,79-80H,3-14,19-30,35-46,51-62,67-78H2/b2-1+,17-15+,18-16?,33-31?,34-32?,49-47?,50-48+,65-63?,66-64?,80-79?. The van der Waals surface area contributed by atoms with Gasteiger partial charge in [0.25, 0.3) is 0 Å². The molecule has 0 heteroatoms. The molecule has 1 rings (SSSR count). The predicted octanol–water partition coefficient (Wildman–Crippen LogP) is 29.0. The molecular weight excluding hydrogens is 961 g/mol. The zero-order valence-electron chi connectivity index (χ0n) is 54.0. The van der Waals surface area contributed by atoms with Crippen molar-refractivity contribution in [3.63, 3.8) is 0 Å². The lowest BCUT2D eigenvalue weighted by molar-refractivity contribution is 0.638. The van der Waals surface area contributed by atoms with E-state index in [0.717, 1.165) is 0 Å². The Morgan fingerprint density at radius 2 is 0.113 bits per heavy atom. The Balaban J connectivity index is 2.13. The largest absolute Gasteiger partial charge is 0.0885 e. The highest BCUT2D eigenvalue weighted by atomic mass is 14.0. The van der Waals surface area contributed by atoms with Gasteiger partial charge in [0.1, 0.15) is 0 Å². The summed E-state index contributed by atoms with van der Waals surface area (Å²) in [5.74, 6) is 0. The van der Waals surface area contributed by atoms with E-state index in [2.05, 4.69) is 122 Å². The lowest BCUT2D eigenvalue weighted by Crippen LogP contribution is -1.80. The van der Waals surface area contributed by atoms with Gasteiger partial charge < -0.3 is 0 Å². The van der Waals surface area contributed by atoms with E-state index in [4.69, 9.17) is 0 Å². The smallest absolute Gasteiger partial charge is 0.0351 e. The quantitative estimate of drug-likeness (QED) is 0.212. The van der Waals surface area contributed by atoms with Crippen molar-refractivity contribution < 1.29 is 0 Å². The zero-order chi connectivity index (χ0) is 56.6. The van der Waals surface area contributed by atoms with Crippen LogP contribution in [-0.4, -0.2) is 0 Å². The molecule has 0 spiro atoms. The Bertz CT molecular complexity index is 986. The average molecular weight is 1100 g/mol. The van der Waals surface area contributed by atoms with Crippen LogP contribution in [0.4, 0.5) is 0 Å². The molecule has 80 heavy (non-hydrogen) atoms. The Morgan fingerprint density at radius 3 is 0.163 bits per heavy atom. The Labute approximate surface area is 504 Å². The highest BCUT2D eigenvalue weighted by Gasteiger charge is 1.96. The molecule has 0 bridgehead atoms. The van der Waals surface area contributed by atoms with E-state index in [9.17, 15) is 0 Å². The molecule has 0 aromatic heterocycles. The number of hydrogen-bond acceptors (Lipinski definition) is 0. The van der Waals surface area contributed by atoms with E-state index >= 15 is 0 Å². The number of allylic oxidation sites excluding steroid dienone is 20. The molecule has 0 nitrogen and oxygen atoms in total. The molecule has 1 aliphatic rings. The predicted molar refractivity (Wildman–Crippen MR) is 368 cm³/mol. The third-order valence-electron chi connectivity index (χ3n) is 16.6. The molecule has 0 atom stereocenters. The van der Waals surface area contributed by atoms with Crippen molar-refractivity contribution in [2.45, 2.75) is 385 Å². The molecule has 0 fully saturated rings. The molecular formula is C80H140. The van der Waals surface area contributed by atoms with E-state index in [1.807, 2.05) is 0 Å². The summed E-state index contributed by atoms with van der Waals surface area (Å²) in [7, 11) is 0. The molecule has 0 saturated carbocycles. The summed E-state index contributed by atoms with van der Waals surface area (Å²) in [6.07, 6.45) is 130. The van der Waals surface area contributed by atoms with Crippen molar-refractivity contribution in [3.8, 4) is 0 Å². The van der Waals surface area contributed by atoms with Crippen LogP contribution >= 0.6 is 0 Å². The fourth-order valence-corrected chi connectivity index (χ4v) is 11.1. The lowest BCUT2D eigenvalue weighted by Gasteiger charge is -2.00. The van der Waals surface area contributed by atoms with E-state index in [1.165, 1.54) is 385 Å². The van der Waals surface area contributed by atoms with Crippen molar-refractivity contribution in [1.29, 1.82) is 0 Å². The van der Waals surface area contributed by atoms with E-state index in [1.54, 1.807) is 0 Å². The fraction of sp³-hybridized carbons (Fsp3) is 0.750. The van der Waals surface area contributed by atoms with Crippen molar-refractivity contribution in [1.82, 2.24) is 0 Å². The van der Waals surface area contributed by atoms with Crippen LogP contribution in [0.3, 0.4) is 0 Å². The van der Waals surface area contributed by atoms with Gasteiger partial charge in [0.2, 0.25) is 0 Å². The van der Waals surface area contributed by atoms with Crippen molar-refractivity contribution in [2.24, 2.45) is 0 Å². The first-order valence-corrected chi connectivity index (χ1v) is 36.5. The Morgan fingerprint density at radius 1 is 0.0625 bits per heavy atom. The van der Waals surface area contributed by atoms with Gasteiger partial charge in [-0.1, -0.05) is 250 Å². The van der Waals surface area contributed by atoms with Gasteiger partial charge in [0, 0.05) is 0 Å². The Hall–Kier alpha value is -2.60. The first-order valence-electron chi connectivity index (χ1n) is 36.5. The normalized spacial score (nSPS) is 23.2. The maximum Gasteiger partial charge on any atom is -0.0351 e. The van der Waals surface area contributed by atoms with Gasteiger partial charge in [-0.2, -0.15) is 0 Å². The van der Waals surface area contributed by atoms with Crippen LogP contribution in [0.2, 0.25) is 0 Å². The third-order valence-corrected chi connectivity index (χ3v) is 16.6. The summed E-state index contributed by atoms with van der Waals surface area (Å²) in [5, 5.41) is 0. The average Bonchev–Trinajstić information content (AvgIpc) is 3.47. The van der Waals surface area contributed by atoms with Crippen molar-refractivity contribution >= 4 is 0 Å². The summed E-state index contributed by atoms with van der Waals surface area (Å²) >= 11 is 0. The summed E-state index contributed by atoms with van der Waals surface area (Å²) < 4.78 is 0. The van der Waals surface area contributed by atoms with Crippen LogP contribution in [0.1, 0.15) is 385 Å². The minimum Gasteiger partial charge on any atom is -0.0885 e. The molecule has 0 unspecified atom stereocenters. The zero-order valence-corrected chi connectivity index (χ0v) is 54.0. The van der Waals surface area contributed by atoms with Gasteiger partial charge in [-0.3, -0.25) is 0 Å². The van der Waals surface area contributed by atoms with Crippen LogP contribution in [0.25, 0.3) is 0 Å². The summed E-state index contributed by atoms with van der Waals surface area (Å²) in [5.41, 5.74) is 0. The second kappa shape index (κ2) is 72.5. The molecule has 0 aromatic carbocycles. The second-order valence-corrected chi connectivity index (χ2v) is 24.6. The van der Waals surface area contributed by atoms with Gasteiger partial charge in [-0.15, -0.1) is 0 Å². The molecule has 0 saturated heterocycles. The molecule has 0 amide bonds. The fourth-order valence-electron chi connectivity index (χ4n) is 11.1. The second-order valence-electron chi connectivity index (χ2n) is 24.6. The van der Waals surface area contributed by atoms with E-state index < -0.39 is 0 Å². The molecule has 1 aliphatic carbocycles. The van der Waals surface area contributed by atoms with Crippen molar-refractivity contribution in [3.05, 3.63) is 122 Å². The minimum atomic E-state index is 1.28. The topological polar surface area (TPSA) is 0 Å². The number of rotatable bonds is 0. The van der Waals surface area contributed by atoms with Crippen molar-refractivity contribution in [2.75, 3.05) is 0 Å². The first kappa shape index (κ1) is 75.4. The van der Waals surface area contributed by atoms with Crippen LogP contribution in [0.5, 0.6) is 0 Å². The molecule has 0 heterocycles. The highest BCUT2D eigenvalue weighted by molar-refractivity contribution is 4.88. The van der Waals surface area contributed by atoms with Crippen LogP contribution in [0, 0.1) is 0 Å². The van der Waals surface area contributed by atoms with Gasteiger partial charge in [0.15, 0.2) is 0 Å². The first-order chi connectivity index (χ1) is 40.0. The summed E-state index contributed by atoms with van der Waals surface area (Å²) in [4.78, 5) is 0. The van der Waals surface area contributed by atoms with E-state index in [-0.39, 0.29) is 0 Å². The highest BCUT2D eigenvalue weighted by Crippen LogP contribution is 2.16. The molecule has 0 aliphatic heterocycles. The third kappa shape index (κ3) is 69.7. The lowest BCUT2D eigenvalue weighted by atomic mass is 10.1. The molecule has 0 radical (unpaired) electrons. The Kier molecular flexibility index (Phi) is 68.3. The van der Waals surface area contributed by atoms with Crippen LogP contribution in [-0.2, 0) is 0 Å². The maximum atomic E-state index is 2.46. The molecule has 0 aromatic rings. The maximum absolute atomic E-state index is 2.46. The van der Waals surface area contributed by atoms with Crippen LogP contribution in [0.15, 0.2) is 122 Å². The van der Waals surface area contributed by atoms with Gasteiger partial charge >= 0.3 is 0 Å². The number of hydrogen-bond donors (Lipinski definition) is 0. The molecule has 460 valence electrons. The minimum absolute atomic E-state index is 1.28. The van der Waals surface area contributed by atoms with Gasteiger partial charge in [-0.25, -0.2) is 0 Å². The summed E-state index contributed by atoms with van der Waals surface area (Å²) in [6, 6.07) is 0. The monoisotopic (exact) mass is 1100 g/mol. The van der Waals surface area contributed by atoms with Crippen LogP contribution < -0.4 is 0 Å². The van der Waals surface area contributed by atoms with E-state index in [0.29, 0.717) is 0 Å². The van der Waals surface area contributed by atoms with Gasteiger partial charge in [-0.05, 0) is 257 Å². The SMILES string of the molecule is C1=CCCCCCCC=CCCCCCCC=CCCCCCC/C=C/CCCCCC/C=C/CCCCCCC=CCCCCCCC=CCCCCCC/C=C/CCCCCCC=CCCCCCCC=CCCCCCC1. The molecule has 0 N–H and O–H groups in total. The van der Waals surface area contributed by atoms with Gasteiger partial charge in [0.05, 0.1) is 0 Å².